The number of rotatable bonds is 22. The van der Waals surface area contributed by atoms with Crippen LogP contribution in [0.15, 0.2) is 0 Å². The Kier molecular flexibility index (Phi) is 24.7. The molecule has 0 unspecified atom stereocenters. The molecule has 0 atom stereocenters. The molecule has 0 aromatic rings. The van der Waals surface area contributed by atoms with E-state index in [2.05, 4.69) is 25.6 Å². The zero-order valence-corrected chi connectivity index (χ0v) is 18.8. The van der Waals surface area contributed by atoms with Gasteiger partial charge in [0.2, 0.25) is 0 Å². The quantitative estimate of drug-likeness (QED) is 0.171. The van der Waals surface area contributed by atoms with E-state index in [1.54, 1.807) is 0 Å². The molecule has 0 heterocycles. The first-order chi connectivity index (χ1) is 12.4. The maximum atomic E-state index is 2.30. The van der Waals surface area contributed by atoms with Gasteiger partial charge in [-0.05, 0) is 24.3 Å². The lowest BCUT2D eigenvalue weighted by Crippen LogP contribution is -1.87. The van der Waals surface area contributed by atoms with Crippen molar-refractivity contribution < 1.29 is 0 Å². The fourth-order valence-electron chi connectivity index (χ4n) is 3.49. The molecule has 0 aliphatic rings. The van der Waals surface area contributed by atoms with E-state index < -0.39 is 0 Å². The summed E-state index contributed by atoms with van der Waals surface area (Å²) in [5.74, 6) is 2.82. The number of thioether (sulfide) groups is 1. The van der Waals surface area contributed by atoms with Crippen molar-refractivity contribution in [3.05, 3.63) is 0 Å². The van der Waals surface area contributed by atoms with Crippen LogP contribution in [-0.4, -0.2) is 11.5 Å². The minimum absolute atomic E-state index is 1.37. The first kappa shape index (κ1) is 25.4. The predicted molar refractivity (Wildman–Crippen MR) is 121 cm³/mol. The first-order valence-corrected chi connectivity index (χ1v) is 13.1. The molecular weight excluding hydrogens is 320 g/mol. The van der Waals surface area contributed by atoms with Crippen LogP contribution in [-0.2, 0) is 0 Å². The zero-order chi connectivity index (χ0) is 18.3. The van der Waals surface area contributed by atoms with Gasteiger partial charge in [-0.1, -0.05) is 129 Å². The van der Waals surface area contributed by atoms with Gasteiger partial charge in [-0.15, -0.1) is 0 Å². The molecule has 0 bridgehead atoms. The van der Waals surface area contributed by atoms with Gasteiger partial charge in [-0.3, -0.25) is 0 Å². The summed E-state index contributed by atoms with van der Waals surface area (Å²) in [6.07, 6.45) is 29.2. The van der Waals surface area contributed by atoms with Crippen LogP contribution in [0.4, 0.5) is 0 Å². The molecule has 0 aromatic carbocycles. The average molecular weight is 371 g/mol. The van der Waals surface area contributed by atoms with Crippen molar-refractivity contribution >= 4 is 11.8 Å². The van der Waals surface area contributed by atoms with Crippen molar-refractivity contribution in [1.29, 1.82) is 0 Å². The smallest absolute Gasteiger partial charge is 0.00675 e. The summed E-state index contributed by atoms with van der Waals surface area (Å²) in [7, 11) is 0. The van der Waals surface area contributed by atoms with Gasteiger partial charge in [0.05, 0.1) is 0 Å². The number of hydrogen-bond donors (Lipinski definition) is 0. The van der Waals surface area contributed by atoms with Crippen LogP contribution in [0.2, 0.25) is 0 Å². The second-order valence-corrected chi connectivity index (χ2v) is 9.20. The Morgan fingerprint density at radius 1 is 0.320 bits per heavy atom. The maximum absolute atomic E-state index is 2.30. The Hall–Kier alpha value is 0.350. The van der Waals surface area contributed by atoms with Gasteiger partial charge in [0.15, 0.2) is 0 Å². The van der Waals surface area contributed by atoms with Crippen LogP contribution in [0.5, 0.6) is 0 Å². The van der Waals surface area contributed by atoms with Crippen molar-refractivity contribution in [2.45, 2.75) is 142 Å². The van der Waals surface area contributed by atoms with E-state index in [4.69, 9.17) is 0 Å². The fourth-order valence-corrected chi connectivity index (χ4v) is 4.51. The normalized spacial score (nSPS) is 11.3. The number of unbranched alkanes of at least 4 members (excludes halogenated alkanes) is 18. The Morgan fingerprint density at radius 3 is 0.840 bits per heavy atom. The standard InChI is InChI=1S/C24H50S/c1-3-5-7-9-11-12-13-14-15-16-17-18-20-22-24-25-23-21-19-10-8-6-4-2/h3-24H2,1-2H3. The van der Waals surface area contributed by atoms with Gasteiger partial charge < -0.3 is 0 Å². The molecule has 0 aliphatic carbocycles. The summed E-state index contributed by atoms with van der Waals surface area (Å²) in [5, 5.41) is 0. The van der Waals surface area contributed by atoms with E-state index in [9.17, 15) is 0 Å². The van der Waals surface area contributed by atoms with Gasteiger partial charge in [-0.2, -0.15) is 11.8 Å². The monoisotopic (exact) mass is 370 g/mol. The third-order valence-electron chi connectivity index (χ3n) is 5.28. The lowest BCUT2D eigenvalue weighted by Gasteiger charge is -2.04. The van der Waals surface area contributed by atoms with Gasteiger partial charge in [0, 0.05) is 0 Å². The van der Waals surface area contributed by atoms with Gasteiger partial charge in [0.25, 0.3) is 0 Å². The molecule has 0 aromatic heterocycles. The van der Waals surface area contributed by atoms with Gasteiger partial charge in [-0.25, -0.2) is 0 Å². The summed E-state index contributed by atoms with van der Waals surface area (Å²) in [4.78, 5) is 0. The highest BCUT2D eigenvalue weighted by Crippen LogP contribution is 2.15. The van der Waals surface area contributed by atoms with Crippen LogP contribution in [0, 0.1) is 0 Å². The van der Waals surface area contributed by atoms with Crippen molar-refractivity contribution in [1.82, 2.24) is 0 Å². The average Bonchev–Trinajstić information content (AvgIpc) is 2.63. The topological polar surface area (TPSA) is 0 Å². The lowest BCUT2D eigenvalue weighted by atomic mass is 10.0. The fraction of sp³-hybridized carbons (Fsp3) is 1.00. The molecular formula is C24H50S. The Labute approximate surface area is 165 Å². The van der Waals surface area contributed by atoms with Crippen LogP contribution in [0.25, 0.3) is 0 Å². The third-order valence-corrected chi connectivity index (χ3v) is 6.44. The summed E-state index contributed by atoms with van der Waals surface area (Å²) in [5.41, 5.74) is 0. The summed E-state index contributed by atoms with van der Waals surface area (Å²) in [6, 6.07) is 0. The largest absolute Gasteiger partial charge is 0.162 e. The van der Waals surface area contributed by atoms with Gasteiger partial charge >= 0.3 is 0 Å². The second kappa shape index (κ2) is 24.4. The molecule has 0 saturated heterocycles. The van der Waals surface area contributed by atoms with Crippen LogP contribution in [0.3, 0.4) is 0 Å². The SMILES string of the molecule is CCCCCCCCCCCCCCCCSCCCCCCCC. The molecule has 0 aliphatic heterocycles. The summed E-state index contributed by atoms with van der Waals surface area (Å²) >= 11 is 2.20. The minimum atomic E-state index is 1.37. The predicted octanol–water partition coefficient (Wildman–Crippen LogP) is 9.56. The molecule has 0 N–H and O–H groups in total. The first-order valence-electron chi connectivity index (χ1n) is 12.0. The maximum Gasteiger partial charge on any atom is -0.00675 e. The Balaban J connectivity index is 2.94. The second-order valence-electron chi connectivity index (χ2n) is 7.98. The van der Waals surface area contributed by atoms with E-state index in [1.807, 2.05) is 0 Å². The van der Waals surface area contributed by atoms with Gasteiger partial charge in [0.1, 0.15) is 0 Å². The Morgan fingerprint density at radius 2 is 0.560 bits per heavy atom. The highest BCUT2D eigenvalue weighted by atomic mass is 32.2. The van der Waals surface area contributed by atoms with E-state index in [-0.39, 0.29) is 0 Å². The molecule has 152 valence electrons. The third kappa shape index (κ3) is 24.4. The lowest BCUT2D eigenvalue weighted by molar-refractivity contribution is 0.538. The van der Waals surface area contributed by atoms with E-state index in [0.29, 0.717) is 0 Å². The Bertz CT molecular complexity index is 192. The molecule has 0 saturated carbocycles. The molecule has 0 spiro atoms. The van der Waals surface area contributed by atoms with Crippen LogP contribution >= 0.6 is 11.8 Å². The van der Waals surface area contributed by atoms with Crippen molar-refractivity contribution in [2.75, 3.05) is 11.5 Å². The molecule has 25 heavy (non-hydrogen) atoms. The van der Waals surface area contributed by atoms with Crippen LogP contribution < -0.4 is 0 Å². The van der Waals surface area contributed by atoms with Crippen molar-refractivity contribution in [2.24, 2.45) is 0 Å². The molecule has 0 nitrogen and oxygen atoms in total. The molecule has 0 rings (SSSR count). The molecule has 1 heteroatoms. The number of hydrogen-bond acceptors (Lipinski definition) is 1. The molecule has 0 amide bonds. The highest BCUT2D eigenvalue weighted by molar-refractivity contribution is 7.99. The van der Waals surface area contributed by atoms with Crippen molar-refractivity contribution in [3.8, 4) is 0 Å². The summed E-state index contributed by atoms with van der Waals surface area (Å²) < 4.78 is 0. The minimum Gasteiger partial charge on any atom is -0.162 e. The van der Waals surface area contributed by atoms with Crippen LogP contribution in [0.1, 0.15) is 142 Å². The highest BCUT2D eigenvalue weighted by Gasteiger charge is 1.95. The molecule has 0 fully saturated rings. The summed E-state index contributed by atoms with van der Waals surface area (Å²) in [6.45, 7) is 4.60. The molecule has 0 radical (unpaired) electrons. The van der Waals surface area contributed by atoms with E-state index in [0.717, 1.165) is 0 Å². The van der Waals surface area contributed by atoms with E-state index >= 15 is 0 Å². The van der Waals surface area contributed by atoms with Crippen molar-refractivity contribution in [3.63, 3.8) is 0 Å². The zero-order valence-electron chi connectivity index (χ0n) is 18.0. The van der Waals surface area contributed by atoms with E-state index in [1.165, 1.54) is 140 Å².